The van der Waals surface area contributed by atoms with Gasteiger partial charge in [-0.2, -0.15) is 0 Å². The molecule has 1 aromatic carbocycles. The van der Waals surface area contributed by atoms with Crippen LogP contribution in [0.2, 0.25) is 0 Å². The second-order valence-corrected chi connectivity index (χ2v) is 4.03. The summed E-state index contributed by atoms with van der Waals surface area (Å²) in [4.78, 5) is 4.20. The Morgan fingerprint density at radius 1 is 1.50 bits per heavy atom. The van der Waals surface area contributed by atoms with Crippen LogP contribution in [0.25, 0.3) is 10.2 Å². The number of aromatic nitrogens is 1. The van der Waals surface area contributed by atoms with E-state index in [0.29, 0.717) is 5.11 Å². The van der Waals surface area contributed by atoms with E-state index in [1.165, 1.54) is 0 Å². The zero-order valence-electron chi connectivity index (χ0n) is 7.57. The minimum Gasteiger partial charge on any atom is -0.366 e. The Balaban J connectivity index is 2.30. The van der Waals surface area contributed by atoms with Gasteiger partial charge in [-0.25, -0.2) is 4.98 Å². The highest BCUT2D eigenvalue weighted by Crippen LogP contribution is 2.21. The minimum absolute atomic E-state index is 0.619. The zero-order valence-corrected chi connectivity index (χ0v) is 9.21. The second kappa shape index (κ2) is 3.89. The van der Waals surface area contributed by atoms with Crippen molar-refractivity contribution in [2.75, 3.05) is 12.4 Å². The van der Waals surface area contributed by atoms with Gasteiger partial charge in [0.25, 0.3) is 0 Å². The predicted octanol–water partition coefficient (Wildman–Crippen LogP) is 2.21. The first-order valence-electron chi connectivity index (χ1n) is 4.11. The van der Waals surface area contributed by atoms with Gasteiger partial charge in [0, 0.05) is 12.7 Å². The van der Waals surface area contributed by atoms with Crippen LogP contribution in [-0.2, 0) is 0 Å². The number of hydrogen-bond donors (Lipinski definition) is 2. The van der Waals surface area contributed by atoms with Crippen LogP contribution >= 0.6 is 23.6 Å². The molecule has 5 heteroatoms. The van der Waals surface area contributed by atoms with Crippen molar-refractivity contribution < 1.29 is 0 Å². The molecule has 2 aromatic rings. The fraction of sp³-hybridized carbons (Fsp3) is 0.111. The van der Waals surface area contributed by atoms with Crippen LogP contribution in [0.4, 0.5) is 5.69 Å². The lowest BCUT2D eigenvalue weighted by atomic mass is 10.3. The number of thiocarbonyl (C=S) groups is 1. The van der Waals surface area contributed by atoms with Gasteiger partial charge < -0.3 is 10.6 Å². The van der Waals surface area contributed by atoms with Gasteiger partial charge in [0.15, 0.2) is 5.11 Å². The largest absolute Gasteiger partial charge is 0.366 e. The van der Waals surface area contributed by atoms with Crippen molar-refractivity contribution in [3.05, 3.63) is 23.7 Å². The molecule has 1 heterocycles. The van der Waals surface area contributed by atoms with Gasteiger partial charge in [0.05, 0.1) is 15.7 Å². The van der Waals surface area contributed by atoms with E-state index in [1.54, 1.807) is 18.4 Å². The Hall–Kier alpha value is -1.20. The molecule has 72 valence electrons. The van der Waals surface area contributed by atoms with Crippen LogP contribution in [0.1, 0.15) is 0 Å². The van der Waals surface area contributed by atoms with Crippen molar-refractivity contribution in [3.8, 4) is 0 Å². The van der Waals surface area contributed by atoms with E-state index in [4.69, 9.17) is 12.2 Å². The van der Waals surface area contributed by atoms with E-state index < -0.39 is 0 Å². The van der Waals surface area contributed by atoms with Crippen molar-refractivity contribution in [3.63, 3.8) is 0 Å². The fourth-order valence-corrected chi connectivity index (χ4v) is 1.96. The summed E-state index contributed by atoms with van der Waals surface area (Å²) in [6, 6.07) is 5.98. The first kappa shape index (κ1) is 9.36. The molecule has 0 amide bonds. The molecule has 0 aliphatic heterocycles. The van der Waals surface area contributed by atoms with Crippen molar-refractivity contribution in [1.82, 2.24) is 10.3 Å². The van der Waals surface area contributed by atoms with Crippen molar-refractivity contribution in [2.24, 2.45) is 0 Å². The molecule has 0 saturated heterocycles. The smallest absolute Gasteiger partial charge is 0.170 e. The molecular formula is C9H9N3S2. The molecule has 0 unspecified atom stereocenters. The SMILES string of the molecule is CNC(=S)Nc1ccc2ncsc2c1. The molecule has 0 saturated carbocycles. The van der Waals surface area contributed by atoms with E-state index >= 15 is 0 Å². The number of anilines is 1. The highest BCUT2D eigenvalue weighted by molar-refractivity contribution is 7.80. The van der Waals surface area contributed by atoms with Crippen LogP contribution in [0, 0.1) is 0 Å². The van der Waals surface area contributed by atoms with Crippen molar-refractivity contribution in [1.29, 1.82) is 0 Å². The Bertz CT molecular complexity index is 464. The summed E-state index contributed by atoms with van der Waals surface area (Å²) in [7, 11) is 1.79. The number of thiazole rings is 1. The van der Waals surface area contributed by atoms with Crippen LogP contribution in [0.5, 0.6) is 0 Å². The normalized spacial score (nSPS) is 10.1. The molecule has 2 N–H and O–H groups in total. The lowest BCUT2D eigenvalue weighted by Gasteiger charge is -2.06. The van der Waals surface area contributed by atoms with E-state index in [1.807, 2.05) is 23.7 Å². The predicted molar refractivity (Wildman–Crippen MR) is 64.9 cm³/mol. The van der Waals surface area contributed by atoms with Crippen molar-refractivity contribution >= 4 is 44.6 Å². The molecular weight excluding hydrogens is 214 g/mol. The Labute approximate surface area is 91.2 Å². The van der Waals surface area contributed by atoms with Gasteiger partial charge in [-0.1, -0.05) is 0 Å². The maximum Gasteiger partial charge on any atom is 0.170 e. The molecule has 0 fully saturated rings. The van der Waals surface area contributed by atoms with Gasteiger partial charge in [-0.15, -0.1) is 11.3 Å². The van der Waals surface area contributed by atoms with Crippen LogP contribution in [0.3, 0.4) is 0 Å². The van der Waals surface area contributed by atoms with Crippen molar-refractivity contribution in [2.45, 2.75) is 0 Å². The topological polar surface area (TPSA) is 37.0 Å². The summed E-state index contributed by atoms with van der Waals surface area (Å²) < 4.78 is 1.16. The van der Waals surface area contributed by atoms with Crippen LogP contribution in [-0.4, -0.2) is 17.1 Å². The maximum absolute atomic E-state index is 5.00. The third-order valence-electron chi connectivity index (χ3n) is 1.82. The fourth-order valence-electron chi connectivity index (χ4n) is 1.13. The molecule has 0 radical (unpaired) electrons. The number of hydrogen-bond acceptors (Lipinski definition) is 3. The Morgan fingerprint density at radius 3 is 3.14 bits per heavy atom. The highest BCUT2D eigenvalue weighted by Gasteiger charge is 1.99. The molecule has 1 aromatic heterocycles. The molecule has 0 aliphatic rings. The summed E-state index contributed by atoms with van der Waals surface area (Å²) in [5.41, 5.74) is 3.85. The molecule has 0 aliphatic carbocycles. The van der Waals surface area contributed by atoms with E-state index in [0.717, 1.165) is 15.9 Å². The monoisotopic (exact) mass is 223 g/mol. The minimum atomic E-state index is 0.619. The number of nitrogens with zero attached hydrogens (tertiary/aromatic N) is 1. The number of benzene rings is 1. The second-order valence-electron chi connectivity index (χ2n) is 2.74. The summed E-state index contributed by atoms with van der Waals surface area (Å²) in [5.74, 6) is 0. The average molecular weight is 223 g/mol. The van der Waals surface area contributed by atoms with Crippen LogP contribution in [0.15, 0.2) is 23.7 Å². The standard InChI is InChI=1S/C9H9N3S2/c1-10-9(13)12-6-2-3-7-8(4-6)14-5-11-7/h2-5H,1H3,(H2,10,12,13). The number of nitrogens with one attached hydrogen (secondary N) is 2. The first-order valence-corrected chi connectivity index (χ1v) is 5.40. The van der Waals surface area contributed by atoms with Gasteiger partial charge in [-0.05, 0) is 30.4 Å². The molecule has 3 nitrogen and oxygen atoms in total. The Morgan fingerprint density at radius 2 is 2.36 bits per heavy atom. The zero-order chi connectivity index (χ0) is 9.97. The molecule has 0 spiro atoms. The lowest BCUT2D eigenvalue weighted by molar-refractivity contribution is 1.20. The third-order valence-corrected chi connectivity index (χ3v) is 2.91. The number of fused-ring (bicyclic) bond motifs is 1. The van der Waals surface area contributed by atoms with E-state index in [-0.39, 0.29) is 0 Å². The lowest BCUT2D eigenvalue weighted by Crippen LogP contribution is -2.23. The first-order chi connectivity index (χ1) is 6.79. The third kappa shape index (κ3) is 1.83. The average Bonchev–Trinajstić information content (AvgIpc) is 2.64. The van der Waals surface area contributed by atoms with E-state index in [2.05, 4.69) is 15.6 Å². The summed E-state index contributed by atoms with van der Waals surface area (Å²) in [6.45, 7) is 0. The maximum atomic E-state index is 5.00. The summed E-state index contributed by atoms with van der Waals surface area (Å²) in [5, 5.41) is 6.56. The van der Waals surface area contributed by atoms with Gasteiger partial charge >= 0.3 is 0 Å². The quantitative estimate of drug-likeness (QED) is 0.727. The molecule has 2 rings (SSSR count). The molecule has 0 bridgehead atoms. The summed E-state index contributed by atoms with van der Waals surface area (Å²) >= 11 is 6.63. The Kier molecular flexibility index (Phi) is 2.60. The van der Waals surface area contributed by atoms with Gasteiger partial charge in [-0.3, -0.25) is 0 Å². The van der Waals surface area contributed by atoms with Crippen LogP contribution < -0.4 is 10.6 Å². The van der Waals surface area contributed by atoms with E-state index in [9.17, 15) is 0 Å². The van der Waals surface area contributed by atoms with Gasteiger partial charge in [0.2, 0.25) is 0 Å². The number of rotatable bonds is 1. The molecule has 14 heavy (non-hydrogen) atoms. The summed E-state index contributed by atoms with van der Waals surface area (Å²) in [6.07, 6.45) is 0. The molecule has 0 atom stereocenters. The highest BCUT2D eigenvalue weighted by atomic mass is 32.1. The van der Waals surface area contributed by atoms with Gasteiger partial charge in [0.1, 0.15) is 0 Å².